The molecule has 0 radical (unpaired) electrons. The molecular weight excluding hydrogens is 152 g/mol. The van der Waals surface area contributed by atoms with Crippen LogP contribution < -0.4 is 0 Å². The zero-order valence-corrected chi connectivity index (χ0v) is 9.61. The molecule has 0 bridgehead atoms. The maximum Gasteiger partial charge on any atom is 0.189 e. The predicted octanol–water partition coefficient (Wildman–Crippen LogP) is 3.42. The fraction of sp³-hybridized carbons (Fsp3) is 1.00. The van der Waals surface area contributed by atoms with Gasteiger partial charge in [-0.25, -0.2) is 0 Å². The molecule has 0 N–H and O–H groups in total. The normalized spacial score (nSPS) is 15.0. The second kappa shape index (κ2) is 4.94. The van der Waals surface area contributed by atoms with Crippen molar-refractivity contribution < 1.29 is 4.43 Å². The van der Waals surface area contributed by atoms with Gasteiger partial charge in [0.2, 0.25) is 0 Å². The van der Waals surface area contributed by atoms with Crippen LogP contribution in [0.4, 0.5) is 0 Å². The molecule has 0 fully saturated rings. The minimum Gasteiger partial charge on any atom is -0.417 e. The SMILES string of the molecule is CCCO[Si](C)(C)C(C)CC. The van der Waals surface area contributed by atoms with E-state index in [0.717, 1.165) is 18.6 Å². The van der Waals surface area contributed by atoms with Gasteiger partial charge in [0.1, 0.15) is 0 Å². The number of hydrogen-bond donors (Lipinski definition) is 0. The van der Waals surface area contributed by atoms with Gasteiger partial charge in [0.15, 0.2) is 8.32 Å². The Balaban J connectivity index is 3.77. The third-order valence-corrected chi connectivity index (χ3v) is 6.21. The van der Waals surface area contributed by atoms with Crippen LogP contribution in [0.1, 0.15) is 33.6 Å². The van der Waals surface area contributed by atoms with Crippen LogP contribution in [0.3, 0.4) is 0 Å². The van der Waals surface area contributed by atoms with Crippen LogP contribution in [0, 0.1) is 0 Å². The van der Waals surface area contributed by atoms with Crippen LogP contribution in [-0.2, 0) is 4.43 Å². The molecule has 0 aliphatic carbocycles. The Morgan fingerprint density at radius 1 is 1.27 bits per heavy atom. The van der Waals surface area contributed by atoms with E-state index >= 15 is 0 Å². The first-order chi connectivity index (χ1) is 5.04. The number of hydrogen-bond acceptors (Lipinski definition) is 1. The average molecular weight is 174 g/mol. The van der Waals surface area contributed by atoms with Crippen molar-refractivity contribution in [1.29, 1.82) is 0 Å². The molecule has 1 unspecified atom stereocenters. The topological polar surface area (TPSA) is 9.23 Å². The minimum atomic E-state index is -1.33. The van der Waals surface area contributed by atoms with E-state index in [1.807, 2.05) is 0 Å². The molecule has 2 heteroatoms. The highest BCUT2D eigenvalue weighted by atomic mass is 28.4. The van der Waals surface area contributed by atoms with Gasteiger partial charge in [0.25, 0.3) is 0 Å². The smallest absolute Gasteiger partial charge is 0.189 e. The molecule has 0 aromatic heterocycles. The lowest BCUT2D eigenvalue weighted by atomic mass is 10.4. The maximum atomic E-state index is 5.87. The van der Waals surface area contributed by atoms with Gasteiger partial charge in [-0.15, -0.1) is 0 Å². The summed E-state index contributed by atoms with van der Waals surface area (Å²) < 4.78 is 5.87. The Kier molecular flexibility index (Phi) is 5.02. The molecule has 1 atom stereocenters. The molecule has 68 valence electrons. The van der Waals surface area contributed by atoms with Crippen molar-refractivity contribution >= 4 is 8.32 Å². The summed E-state index contributed by atoms with van der Waals surface area (Å²) in [6, 6.07) is 0. The van der Waals surface area contributed by atoms with Gasteiger partial charge >= 0.3 is 0 Å². The second-order valence-electron chi connectivity index (χ2n) is 3.76. The lowest BCUT2D eigenvalue weighted by Gasteiger charge is -2.28. The van der Waals surface area contributed by atoms with Gasteiger partial charge in [-0.2, -0.15) is 0 Å². The molecular formula is C9H22OSi. The highest BCUT2D eigenvalue weighted by molar-refractivity contribution is 6.72. The Morgan fingerprint density at radius 3 is 2.18 bits per heavy atom. The van der Waals surface area contributed by atoms with Crippen molar-refractivity contribution in [2.75, 3.05) is 6.61 Å². The molecule has 11 heavy (non-hydrogen) atoms. The second-order valence-corrected chi connectivity index (χ2v) is 8.24. The standard InChI is InChI=1S/C9H22OSi/c1-6-8-10-11(4,5)9(3)7-2/h9H,6-8H2,1-5H3. The minimum absolute atomic E-state index is 0.786. The summed E-state index contributed by atoms with van der Waals surface area (Å²) in [4.78, 5) is 0. The summed E-state index contributed by atoms with van der Waals surface area (Å²) in [5, 5.41) is 0. The quantitative estimate of drug-likeness (QED) is 0.580. The first-order valence-corrected chi connectivity index (χ1v) is 7.67. The molecule has 0 saturated carbocycles. The van der Waals surface area contributed by atoms with E-state index in [-0.39, 0.29) is 0 Å². The van der Waals surface area contributed by atoms with Gasteiger partial charge < -0.3 is 4.43 Å². The summed E-state index contributed by atoms with van der Waals surface area (Å²) in [7, 11) is -1.33. The van der Waals surface area contributed by atoms with Gasteiger partial charge in [-0.3, -0.25) is 0 Å². The van der Waals surface area contributed by atoms with Crippen LogP contribution >= 0.6 is 0 Å². The molecule has 1 nitrogen and oxygen atoms in total. The van der Waals surface area contributed by atoms with E-state index in [0.29, 0.717) is 0 Å². The Bertz CT molecular complexity index is 102. The van der Waals surface area contributed by atoms with Gasteiger partial charge in [-0.05, 0) is 25.1 Å². The lowest BCUT2D eigenvalue weighted by molar-refractivity contribution is 0.298. The Hall–Kier alpha value is 0.177. The van der Waals surface area contributed by atoms with E-state index in [4.69, 9.17) is 4.43 Å². The summed E-state index contributed by atoms with van der Waals surface area (Å²) >= 11 is 0. The van der Waals surface area contributed by atoms with Gasteiger partial charge in [0, 0.05) is 6.61 Å². The van der Waals surface area contributed by atoms with Crippen LogP contribution in [0.2, 0.25) is 18.6 Å². The average Bonchev–Trinajstić information content (AvgIpc) is 1.99. The predicted molar refractivity (Wildman–Crippen MR) is 53.4 cm³/mol. The lowest BCUT2D eigenvalue weighted by Crippen LogP contribution is -2.35. The summed E-state index contributed by atoms with van der Waals surface area (Å²) in [5.41, 5.74) is 0.786. The van der Waals surface area contributed by atoms with Crippen LogP contribution in [0.15, 0.2) is 0 Å². The number of rotatable bonds is 5. The van der Waals surface area contributed by atoms with Crippen molar-refractivity contribution in [3.05, 3.63) is 0 Å². The van der Waals surface area contributed by atoms with Gasteiger partial charge in [0.05, 0.1) is 0 Å². The van der Waals surface area contributed by atoms with Crippen molar-refractivity contribution in [2.24, 2.45) is 0 Å². The molecule has 0 amide bonds. The highest BCUT2D eigenvalue weighted by Crippen LogP contribution is 2.25. The summed E-state index contributed by atoms with van der Waals surface area (Å²) in [5.74, 6) is 0. The molecule has 0 saturated heterocycles. The molecule has 0 aromatic carbocycles. The fourth-order valence-electron chi connectivity index (χ4n) is 0.999. The monoisotopic (exact) mass is 174 g/mol. The van der Waals surface area contributed by atoms with E-state index in [9.17, 15) is 0 Å². The summed E-state index contributed by atoms with van der Waals surface area (Å²) in [6.07, 6.45) is 2.40. The van der Waals surface area contributed by atoms with E-state index in [1.165, 1.54) is 6.42 Å². The van der Waals surface area contributed by atoms with Crippen LogP contribution in [0.25, 0.3) is 0 Å². The van der Waals surface area contributed by atoms with Gasteiger partial charge in [-0.1, -0.05) is 27.2 Å². The summed E-state index contributed by atoms with van der Waals surface area (Å²) in [6.45, 7) is 12.3. The van der Waals surface area contributed by atoms with Crippen molar-refractivity contribution in [3.8, 4) is 0 Å². The zero-order valence-electron chi connectivity index (χ0n) is 8.61. The fourth-order valence-corrected chi connectivity index (χ4v) is 3.00. The van der Waals surface area contributed by atoms with Crippen LogP contribution in [0.5, 0.6) is 0 Å². The van der Waals surface area contributed by atoms with E-state index < -0.39 is 8.32 Å². The third-order valence-electron chi connectivity index (χ3n) is 2.48. The molecule has 0 aliphatic rings. The molecule has 0 aliphatic heterocycles. The highest BCUT2D eigenvalue weighted by Gasteiger charge is 2.28. The molecule has 0 spiro atoms. The Labute approximate surface area is 72.3 Å². The van der Waals surface area contributed by atoms with Crippen molar-refractivity contribution in [2.45, 2.75) is 52.2 Å². The van der Waals surface area contributed by atoms with E-state index in [1.54, 1.807) is 0 Å². The largest absolute Gasteiger partial charge is 0.417 e. The first kappa shape index (κ1) is 11.2. The molecule has 0 rings (SSSR count). The zero-order chi connectivity index (χ0) is 8.91. The molecule has 0 aromatic rings. The van der Waals surface area contributed by atoms with Crippen molar-refractivity contribution in [1.82, 2.24) is 0 Å². The Morgan fingerprint density at radius 2 is 1.82 bits per heavy atom. The third kappa shape index (κ3) is 3.92. The molecule has 0 heterocycles. The van der Waals surface area contributed by atoms with Crippen molar-refractivity contribution in [3.63, 3.8) is 0 Å². The maximum absolute atomic E-state index is 5.87. The first-order valence-electron chi connectivity index (χ1n) is 4.68. The van der Waals surface area contributed by atoms with E-state index in [2.05, 4.69) is 33.9 Å². The van der Waals surface area contributed by atoms with Crippen LogP contribution in [-0.4, -0.2) is 14.9 Å².